The molecule has 0 unspecified atom stereocenters. The van der Waals surface area contributed by atoms with E-state index in [0.29, 0.717) is 11.1 Å². The highest BCUT2D eigenvalue weighted by Crippen LogP contribution is 2.39. The molecule has 4 nitrogen and oxygen atoms in total. The molecule has 122 valence electrons. The van der Waals surface area contributed by atoms with Crippen LogP contribution < -0.4 is 10.2 Å². The molecule has 0 radical (unpaired) electrons. The van der Waals surface area contributed by atoms with E-state index >= 15 is 0 Å². The zero-order valence-electron chi connectivity index (χ0n) is 12.4. The molecule has 3 rings (SSSR count). The summed E-state index contributed by atoms with van der Waals surface area (Å²) in [5, 5.41) is 2.42. The maximum atomic E-state index is 13.5. The molecule has 1 saturated heterocycles. The van der Waals surface area contributed by atoms with Gasteiger partial charge in [0.15, 0.2) is 0 Å². The Hall–Kier alpha value is -2.28. The summed E-state index contributed by atoms with van der Waals surface area (Å²) in [7, 11) is 1.50. The maximum absolute atomic E-state index is 13.5. The summed E-state index contributed by atoms with van der Waals surface area (Å²) in [5.74, 6) is 0.175. The van der Waals surface area contributed by atoms with Gasteiger partial charge in [0.05, 0.1) is 7.11 Å². The van der Waals surface area contributed by atoms with E-state index in [4.69, 9.17) is 4.74 Å². The Kier molecular flexibility index (Phi) is 3.89. The minimum atomic E-state index is -4.50. The lowest BCUT2D eigenvalue weighted by atomic mass is 10.0. The second-order valence-corrected chi connectivity index (χ2v) is 5.40. The zero-order valence-corrected chi connectivity index (χ0v) is 12.4. The summed E-state index contributed by atoms with van der Waals surface area (Å²) in [6.07, 6.45) is -4.43. The van der Waals surface area contributed by atoms with Gasteiger partial charge in [-0.1, -0.05) is 18.2 Å². The molecule has 23 heavy (non-hydrogen) atoms. The Bertz CT molecular complexity index is 746. The number of methoxy groups -OCH3 is 1. The van der Waals surface area contributed by atoms with Gasteiger partial charge in [-0.2, -0.15) is 13.2 Å². The number of hydrogen-bond acceptors (Lipinski definition) is 3. The maximum Gasteiger partial charge on any atom is 0.409 e. The lowest BCUT2D eigenvalue weighted by Gasteiger charge is -2.29. The zero-order chi connectivity index (χ0) is 16.6. The number of hydrogen-bond donors (Lipinski definition) is 1. The van der Waals surface area contributed by atoms with Gasteiger partial charge in [0.25, 0.3) is 0 Å². The molecular weight excluding hydrogens is 309 g/mol. The first kappa shape index (κ1) is 15.6. The number of alkyl halides is 3. The van der Waals surface area contributed by atoms with Crippen LogP contribution in [0, 0.1) is 0 Å². The lowest BCUT2D eigenvalue weighted by Crippen LogP contribution is -2.43. The van der Waals surface area contributed by atoms with Crippen LogP contribution in [0.15, 0.2) is 36.4 Å². The highest BCUT2D eigenvalue weighted by molar-refractivity contribution is 5.84. The Balaban J connectivity index is 2.04. The van der Waals surface area contributed by atoms with Crippen molar-refractivity contribution in [2.75, 3.05) is 13.7 Å². The molecule has 1 atom stereocenters. The summed E-state index contributed by atoms with van der Waals surface area (Å²) in [6.45, 7) is 0.0269. The molecule has 0 bridgehead atoms. The number of hydrazine groups is 1. The number of benzene rings is 2. The molecule has 1 fully saturated rings. The summed E-state index contributed by atoms with van der Waals surface area (Å²) in [6, 6.07) is 7.93. The molecule has 0 saturated carbocycles. The summed E-state index contributed by atoms with van der Waals surface area (Å²) in [4.78, 5) is 11.3. The highest BCUT2D eigenvalue weighted by atomic mass is 19.4. The molecule has 0 aromatic heterocycles. The van der Waals surface area contributed by atoms with Crippen LogP contribution in [0.25, 0.3) is 10.8 Å². The fraction of sp³-hybridized carbons (Fsp3) is 0.312. The summed E-state index contributed by atoms with van der Waals surface area (Å²) < 4.78 is 45.7. The minimum Gasteiger partial charge on any atom is -0.497 e. The van der Waals surface area contributed by atoms with Gasteiger partial charge >= 0.3 is 6.18 Å². The van der Waals surface area contributed by atoms with E-state index in [9.17, 15) is 18.0 Å². The Morgan fingerprint density at radius 1 is 1.17 bits per heavy atom. The van der Waals surface area contributed by atoms with E-state index in [2.05, 4.69) is 5.43 Å². The molecule has 2 aromatic rings. The largest absolute Gasteiger partial charge is 0.497 e. The molecule has 1 amide bonds. The number of fused-ring (bicyclic) bond motifs is 1. The van der Waals surface area contributed by atoms with Crippen molar-refractivity contribution in [3.8, 4) is 5.75 Å². The number of rotatable bonds is 3. The van der Waals surface area contributed by atoms with Gasteiger partial charge in [-0.25, -0.2) is 5.01 Å². The first-order valence-electron chi connectivity index (χ1n) is 7.09. The van der Waals surface area contributed by atoms with Crippen molar-refractivity contribution in [1.29, 1.82) is 0 Å². The third-order valence-corrected chi connectivity index (χ3v) is 3.86. The van der Waals surface area contributed by atoms with Gasteiger partial charge in [-0.15, -0.1) is 0 Å². The molecule has 7 heteroatoms. The molecule has 1 heterocycles. The van der Waals surface area contributed by atoms with Crippen molar-refractivity contribution in [1.82, 2.24) is 10.4 Å². The second kappa shape index (κ2) is 5.73. The third kappa shape index (κ3) is 3.10. The average Bonchev–Trinajstić information content (AvgIpc) is 2.91. The number of amides is 1. The van der Waals surface area contributed by atoms with Crippen molar-refractivity contribution < 1.29 is 22.7 Å². The third-order valence-electron chi connectivity index (χ3n) is 3.86. The van der Waals surface area contributed by atoms with Gasteiger partial charge in [-0.3, -0.25) is 10.2 Å². The van der Waals surface area contributed by atoms with Crippen molar-refractivity contribution >= 4 is 16.7 Å². The molecule has 1 aliphatic rings. The predicted octanol–water partition coefficient (Wildman–Crippen LogP) is 3.19. The fourth-order valence-corrected chi connectivity index (χ4v) is 2.77. The quantitative estimate of drug-likeness (QED) is 0.943. The lowest BCUT2D eigenvalue weighted by molar-refractivity contribution is -0.191. The van der Waals surface area contributed by atoms with E-state index in [0.717, 1.165) is 10.4 Å². The molecule has 0 spiro atoms. The average molecular weight is 324 g/mol. The van der Waals surface area contributed by atoms with Crippen LogP contribution in [0.2, 0.25) is 0 Å². The van der Waals surface area contributed by atoms with Crippen LogP contribution >= 0.6 is 0 Å². The number of halogens is 3. The SMILES string of the molecule is COc1ccc2ccc([C@H](N3CCC(=O)N3)C(F)(F)F)cc2c1. The molecule has 0 aliphatic carbocycles. The van der Waals surface area contributed by atoms with Gasteiger partial charge < -0.3 is 4.74 Å². The van der Waals surface area contributed by atoms with Gasteiger partial charge in [0, 0.05) is 13.0 Å². The van der Waals surface area contributed by atoms with Crippen LogP contribution in [-0.4, -0.2) is 30.7 Å². The Morgan fingerprint density at radius 3 is 2.52 bits per heavy atom. The van der Waals surface area contributed by atoms with E-state index in [1.54, 1.807) is 24.3 Å². The summed E-state index contributed by atoms with van der Waals surface area (Å²) in [5.41, 5.74) is 2.36. The van der Waals surface area contributed by atoms with Crippen molar-refractivity contribution in [2.45, 2.75) is 18.6 Å². The molecule has 1 aliphatic heterocycles. The standard InChI is InChI=1S/C16H15F3N2O2/c1-23-13-5-4-10-2-3-11(8-12(10)9-13)15(16(17,18)19)21-7-6-14(22)20-21/h2-5,8-9,15H,6-7H2,1H3,(H,20,22)/t15-/m0/s1. The van der Waals surface area contributed by atoms with Crippen molar-refractivity contribution in [2.24, 2.45) is 0 Å². The van der Waals surface area contributed by atoms with Crippen LogP contribution in [0.5, 0.6) is 5.75 Å². The number of nitrogens with zero attached hydrogens (tertiary/aromatic N) is 1. The predicted molar refractivity (Wildman–Crippen MR) is 78.8 cm³/mol. The normalized spacial score (nSPS) is 17.3. The topological polar surface area (TPSA) is 41.6 Å². The number of nitrogens with one attached hydrogen (secondary N) is 1. The van der Waals surface area contributed by atoms with E-state index in [-0.39, 0.29) is 18.5 Å². The monoisotopic (exact) mass is 324 g/mol. The Morgan fingerprint density at radius 2 is 1.91 bits per heavy atom. The van der Waals surface area contributed by atoms with Crippen LogP contribution in [0.4, 0.5) is 13.2 Å². The van der Waals surface area contributed by atoms with Crippen LogP contribution in [-0.2, 0) is 4.79 Å². The molecular formula is C16H15F3N2O2. The van der Waals surface area contributed by atoms with Gasteiger partial charge in [0.1, 0.15) is 11.8 Å². The first-order valence-corrected chi connectivity index (χ1v) is 7.09. The minimum absolute atomic E-state index is 0.0269. The fourth-order valence-electron chi connectivity index (χ4n) is 2.77. The van der Waals surface area contributed by atoms with Gasteiger partial charge in [0.2, 0.25) is 5.91 Å². The van der Waals surface area contributed by atoms with Crippen LogP contribution in [0.3, 0.4) is 0 Å². The highest BCUT2D eigenvalue weighted by Gasteiger charge is 2.46. The smallest absolute Gasteiger partial charge is 0.409 e. The van der Waals surface area contributed by atoms with E-state index in [1.165, 1.54) is 19.2 Å². The number of ether oxygens (including phenoxy) is 1. The van der Waals surface area contributed by atoms with Crippen molar-refractivity contribution in [3.63, 3.8) is 0 Å². The number of carbonyl (C=O) groups excluding carboxylic acids is 1. The number of carbonyl (C=O) groups is 1. The first-order chi connectivity index (χ1) is 10.9. The Labute approximate surface area is 130 Å². The van der Waals surface area contributed by atoms with Gasteiger partial charge in [-0.05, 0) is 34.5 Å². The van der Waals surface area contributed by atoms with E-state index in [1.807, 2.05) is 0 Å². The summed E-state index contributed by atoms with van der Waals surface area (Å²) >= 11 is 0. The second-order valence-electron chi connectivity index (χ2n) is 5.40. The van der Waals surface area contributed by atoms with E-state index < -0.39 is 18.1 Å². The van der Waals surface area contributed by atoms with Crippen molar-refractivity contribution in [3.05, 3.63) is 42.0 Å². The molecule has 2 aromatic carbocycles. The van der Waals surface area contributed by atoms with Crippen LogP contribution in [0.1, 0.15) is 18.0 Å². The molecule has 1 N–H and O–H groups in total.